The molecule has 0 aliphatic carbocycles. The standard InChI is InChI=1S/C18H15N3O6S2/c1-27-16-9-8-14(21(23)24)11-15(16)19-18(22)12-4-6-13(7-5-12)20-29(25,26)17-3-2-10-28-17/h2-11,20H,1H3,(H,19,22). The third kappa shape index (κ3) is 4.70. The number of thiophene rings is 1. The van der Waals surface area contributed by atoms with Crippen LogP contribution >= 0.6 is 11.3 Å². The number of hydrogen-bond donors (Lipinski definition) is 2. The first-order valence-corrected chi connectivity index (χ1v) is 10.5. The second kappa shape index (κ2) is 8.29. The van der Waals surface area contributed by atoms with E-state index < -0.39 is 20.9 Å². The molecule has 3 rings (SSSR count). The van der Waals surface area contributed by atoms with Gasteiger partial charge in [0.2, 0.25) is 0 Å². The van der Waals surface area contributed by atoms with E-state index in [-0.39, 0.29) is 26.9 Å². The number of anilines is 2. The van der Waals surface area contributed by atoms with Crippen molar-refractivity contribution < 1.29 is 22.9 Å². The summed E-state index contributed by atoms with van der Waals surface area (Å²) in [5.41, 5.74) is 0.481. The van der Waals surface area contributed by atoms with Crippen molar-refractivity contribution >= 4 is 44.3 Å². The van der Waals surface area contributed by atoms with E-state index in [1.54, 1.807) is 11.4 Å². The summed E-state index contributed by atoms with van der Waals surface area (Å²) in [5, 5.41) is 15.2. The average Bonchev–Trinajstić information content (AvgIpc) is 3.24. The molecule has 1 amide bonds. The smallest absolute Gasteiger partial charge is 0.271 e. The number of carbonyl (C=O) groups is 1. The number of non-ortho nitro benzene ring substituents is 1. The normalized spacial score (nSPS) is 10.9. The van der Waals surface area contributed by atoms with E-state index in [2.05, 4.69) is 10.0 Å². The molecule has 0 spiro atoms. The number of methoxy groups -OCH3 is 1. The van der Waals surface area contributed by atoms with Gasteiger partial charge in [-0.25, -0.2) is 8.42 Å². The van der Waals surface area contributed by atoms with Gasteiger partial charge in [0.05, 0.1) is 17.7 Å². The van der Waals surface area contributed by atoms with E-state index in [0.717, 1.165) is 11.3 Å². The van der Waals surface area contributed by atoms with Gasteiger partial charge in [0.25, 0.3) is 21.6 Å². The van der Waals surface area contributed by atoms with Crippen LogP contribution in [0, 0.1) is 10.1 Å². The van der Waals surface area contributed by atoms with E-state index in [9.17, 15) is 23.3 Å². The molecule has 11 heteroatoms. The number of rotatable bonds is 7. The Hall–Kier alpha value is -3.44. The fraction of sp³-hybridized carbons (Fsp3) is 0.0556. The number of sulfonamides is 1. The minimum Gasteiger partial charge on any atom is -0.495 e. The molecule has 2 N–H and O–H groups in total. The molecule has 0 aliphatic rings. The van der Waals surface area contributed by atoms with E-state index in [1.807, 2.05) is 0 Å². The predicted molar refractivity (Wildman–Crippen MR) is 109 cm³/mol. The molecule has 0 unspecified atom stereocenters. The molecule has 3 aromatic rings. The summed E-state index contributed by atoms with van der Waals surface area (Å²) >= 11 is 1.09. The van der Waals surface area contributed by atoms with Crippen LogP contribution in [0.25, 0.3) is 0 Å². The SMILES string of the molecule is COc1ccc([N+](=O)[O-])cc1NC(=O)c1ccc(NS(=O)(=O)c2cccs2)cc1. The number of carbonyl (C=O) groups excluding carboxylic acids is 1. The first-order chi connectivity index (χ1) is 13.8. The Morgan fingerprint density at radius 2 is 1.86 bits per heavy atom. The second-order valence-electron chi connectivity index (χ2n) is 5.71. The maximum atomic E-state index is 12.5. The highest BCUT2D eigenvalue weighted by atomic mass is 32.2. The summed E-state index contributed by atoms with van der Waals surface area (Å²) in [4.78, 5) is 22.8. The number of nitrogens with one attached hydrogen (secondary N) is 2. The van der Waals surface area contributed by atoms with Gasteiger partial charge < -0.3 is 10.1 Å². The fourth-order valence-corrected chi connectivity index (χ4v) is 4.46. The highest BCUT2D eigenvalue weighted by molar-refractivity contribution is 7.94. The molecular weight excluding hydrogens is 418 g/mol. The van der Waals surface area contributed by atoms with Crippen LogP contribution in [0.15, 0.2) is 64.2 Å². The van der Waals surface area contributed by atoms with Crippen LogP contribution in [0.2, 0.25) is 0 Å². The quantitative estimate of drug-likeness (QED) is 0.432. The van der Waals surface area contributed by atoms with Crippen molar-refractivity contribution in [1.82, 2.24) is 0 Å². The van der Waals surface area contributed by atoms with Crippen molar-refractivity contribution in [3.63, 3.8) is 0 Å². The van der Waals surface area contributed by atoms with Crippen molar-refractivity contribution in [1.29, 1.82) is 0 Å². The lowest BCUT2D eigenvalue weighted by molar-refractivity contribution is -0.384. The summed E-state index contributed by atoms with van der Waals surface area (Å²) in [7, 11) is -2.31. The fourth-order valence-electron chi connectivity index (χ4n) is 2.41. The summed E-state index contributed by atoms with van der Waals surface area (Å²) in [6, 6.07) is 12.7. The Bertz CT molecular complexity index is 1140. The zero-order valence-corrected chi connectivity index (χ0v) is 16.6. The Balaban J connectivity index is 1.76. The summed E-state index contributed by atoms with van der Waals surface area (Å²) in [6.45, 7) is 0. The number of amides is 1. The van der Waals surface area contributed by atoms with E-state index in [1.165, 1.54) is 55.6 Å². The van der Waals surface area contributed by atoms with Crippen molar-refractivity contribution in [2.24, 2.45) is 0 Å². The zero-order chi connectivity index (χ0) is 21.0. The van der Waals surface area contributed by atoms with Gasteiger partial charge in [-0.3, -0.25) is 19.6 Å². The lowest BCUT2D eigenvalue weighted by Gasteiger charge is -2.11. The highest BCUT2D eigenvalue weighted by Crippen LogP contribution is 2.29. The highest BCUT2D eigenvalue weighted by Gasteiger charge is 2.17. The average molecular weight is 433 g/mol. The molecule has 0 radical (unpaired) electrons. The van der Waals surface area contributed by atoms with Gasteiger partial charge in [-0.2, -0.15) is 0 Å². The van der Waals surface area contributed by atoms with E-state index >= 15 is 0 Å². The first kappa shape index (κ1) is 20.3. The minimum atomic E-state index is -3.69. The van der Waals surface area contributed by atoms with Gasteiger partial charge >= 0.3 is 0 Å². The Morgan fingerprint density at radius 3 is 2.45 bits per heavy atom. The Labute approximate surface area is 170 Å². The lowest BCUT2D eigenvalue weighted by atomic mass is 10.2. The van der Waals surface area contributed by atoms with Crippen molar-refractivity contribution in [3.8, 4) is 5.75 Å². The van der Waals surface area contributed by atoms with Crippen LogP contribution in [0.4, 0.5) is 17.1 Å². The van der Waals surface area contributed by atoms with Crippen LogP contribution < -0.4 is 14.8 Å². The molecule has 0 saturated heterocycles. The van der Waals surface area contributed by atoms with Crippen LogP contribution in [-0.4, -0.2) is 26.4 Å². The van der Waals surface area contributed by atoms with Gasteiger partial charge in [0.1, 0.15) is 9.96 Å². The maximum absolute atomic E-state index is 12.5. The zero-order valence-electron chi connectivity index (χ0n) is 15.0. The van der Waals surface area contributed by atoms with Crippen molar-refractivity contribution in [3.05, 3.63) is 75.7 Å². The topological polar surface area (TPSA) is 128 Å². The largest absolute Gasteiger partial charge is 0.495 e. The molecule has 150 valence electrons. The minimum absolute atomic E-state index is 0.147. The molecule has 0 bridgehead atoms. The van der Waals surface area contributed by atoms with Gasteiger partial charge in [0.15, 0.2) is 0 Å². The molecule has 0 aliphatic heterocycles. The van der Waals surface area contributed by atoms with Gasteiger partial charge in [-0.15, -0.1) is 11.3 Å². The Kier molecular flexibility index (Phi) is 5.80. The lowest BCUT2D eigenvalue weighted by Crippen LogP contribution is -2.14. The molecule has 2 aromatic carbocycles. The van der Waals surface area contributed by atoms with Gasteiger partial charge in [0, 0.05) is 23.4 Å². The molecule has 1 aromatic heterocycles. The van der Waals surface area contributed by atoms with Crippen molar-refractivity contribution in [2.45, 2.75) is 4.21 Å². The molecule has 0 fully saturated rings. The number of nitro benzene ring substituents is 1. The molecule has 29 heavy (non-hydrogen) atoms. The molecule has 9 nitrogen and oxygen atoms in total. The van der Waals surface area contributed by atoms with Crippen LogP contribution in [0.3, 0.4) is 0 Å². The van der Waals surface area contributed by atoms with E-state index in [0.29, 0.717) is 5.69 Å². The third-order valence-electron chi connectivity index (χ3n) is 3.80. The predicted octanol–water partition coefficient (Wildman–Crippen LogP) is 3.72. The molecule has 0 saturated carbocycles. The first-order valence-electron chi connectivity index (χ1n) is 8.10. The van der Waals surface area contributed by atoms with E-state index in [4.69, 9.17) is 4.74 Å². The Morgan fingerprint density at radius 1 is 1.14 bits per heavy atom. The molecular formula is C18H15N3O6S2. The summed E-state index contributed by atoms with van der Waals surface area (Å²) in [5.74, 6) is -0.263. The van der Waals surface area contributed by atoms with Gasteiger partial charge in [-0.1, -0.05) is 6.07 Å². The summed E-state index contributed by atoms with van der Waals surface area (Å²) in [6.07, 6.45) is 0. The van der Waals surface area contributed by atoms with Crippen LogP contribution in [0.1, 0.15) is 10.4 Å². The number of ether oxygens (including phenoxy) is 1. The second-order valence-corrected chi connectivity index (χ2v) is 8.57. The monoisotopic (exact) mass is 433 g/mol. The van der Waals surface area contributed by atoms with Crippen LogP contribution in [0.5, 0.6) is 5.75 Å². The maximum Gasteiger partial charge on any atom is 0.271 e. The number of benzene rings is 2. The molecule has 0 atom stereocenters. The third-order valence-corrected chi connectivity index (χ3v) is 6.58. The molecule has 1 heterocycles. The van der Waals surface area contributed by atoms with Crippen molar-refractivity contribution in [2.75, 3.05) is 17.1 Å². The van der Waals surface area contributed by atoms with Crippen LogP contribution in [-0.2, 0) is 10.0 Å². The van der Waals surface area contributed by atoms with Gasteiger partial charge in [-0.05, 0) is 41.8 Å². The number of hydrogen-bond acceptors (Lipinski definition) is 7. The number of nitro groups is 1. The number of nitrogens with zero attached hydrogens (tertiary/aromatic N) is 1. The summed E-state index contributed by atoms with van der Waals surface area (Å²) < 4.78 is 32.2.